The minimum absolute atomic E-state index is 0.132. The van der Waals surface area contributed by atoms with Gasteiger partial charge in [-0.25, -0.2) is 0 Å². The molecule has 0 aromatic carbocycles. The van der Waals surface area contributed by atoms with Crippen LogP contribution in [0.5, 0.6) is 0 Å². The van der Waals surface area contributed by atoms with E-state index < -0.39 is 0 Å². The van der Waals surface area contributed by atoms with Crippen molar-refractivity contribution in [1.82, 2.24) is 15.5 Å². The maximum absolute atomic E-state index is 11.0. The zero-order valence-corrected chi connectivity index (χ0v) is 13.3. The van der Waals surface area contributed by atoms with Gasteiger partial charge in [-0.3, -0.25) is 9.59 Å². The summed E-state index contributed by atoms with van der Waals surface area (Å²) in [4.78, 5) is 24.4. The van der Waals surface area contributed by atoms with Crippen LogP contribution in [-0.2, 0) is 9.59 Å². The number of nitrogens with zero attached hydrogens (tertiary/aromatic N) is 1. The van der Waals surface area contributed by atoms with E-state index in [2.05, 4.69) is 22.6 Å². The normalized spacial score (nSPS) is 10.6. The van der Waals surface area contributed by atoms with Crippen molar-refractivity contribution in [3.8, 4) is 0 Å². The molecule has 0 aliphatic heterocycles. The number of unbranched alkanes of at least 4 members (excludes halogenated alkanes) is 2. The molecule has 20 heavy (non-hydrogen) atoms. The Morgan fingerprint density at radius 1 is 0.800 bits per heavy atom. The highest BCUT2D eigenvalue weighted by atomic mass is 16.2. The molecule has 0 unspecified atom stereocenters. The number of amides is 2. The Bertz CT molecular complexity index is 244. The van der Waals surface area contributed by atoms with Crippen LogP contribution < -0.4 is 10.6 Å². The molecule has 5 heteroatoms. The topological polar surface area (TPSA) is 61.4 Å². The molecule has 0 aliphatic carbocycles. The lowest BCUT2D eigenvalue weighted by Gasteiger charge is -2.16. The molecule has 0 aromatic heterocycles. The summed E-state index contributed by atoms with van der Waals surface area (Å²) in [5, 5.41) is 5.77. The molecule has 0 fully saturated rings. The molecule has 0 atom stereocenters. The number of carbonyl (C=O) groups is 2. The Morgan fingerprint density at radius 2 is 1.20 bits per heavy atom. The van der Waals surface area contributed by atoms with Crippen molar-refractivity contribution in [3.63, 3.8) is 0 Å². The number of hydrogen-bond donors (Lipinski definition) is 2. The minimum atomic E-state index is 0.132. The van der Waals surface area contributed by atoms with E-state index in [1.54, 1.807) is 0 Å². The largest absolute Gasteiger partial charge is 0.356 e. The van der Waals surface area contributed by atoms with Gasteiger partial charge in [0, 0.05) is 25.9 Å². The van der Waals surface area contributed by atoms with Gasteiger partial charge >= 0.3 is 0 Å². The van der Waals surface area contributed by atoms with Gasteiger partial charge in [0.05, 0.1) is 0 Å². The van der Waals surface area contributed by atoms with Crippen LogP contribution in [-0.4, -0.2) is 49.9 Å². The van der Waals surface area contributed by atoms with Crippen LogP contribution in [0.15, 0.2) is 0 Å². The van der Waals surface area contributed by atoms with Gasteiger partial charge in [-0.15, -0.1) is 0 Å². The van der Waals surface area contributed by atoms with Crippen molar-refractivity contribution in [2.75, 3.05) is 33.2 Å². The third kappa shape index (κ3) is 12.0. The predicted octanol–water partition coefficient (Wildman–Crippen LogP) is 1.53. The second-order valence-electron chi connectivity index (χ2n) is 5.12. The van der Waals surface area contributed by atoms with Crippen LogP contribution in [0, 0.1) is 0 Å². The van der Waals surface area contributed by atoms with Gasteiger partial charge in [0.1, 0.15) is 0 Å². The van der Waals surface area contributed by atoms with E-state index in [0.29, 0.717) is 12.8 Å². The molecule has 0 aliphatic rings. The van der Waals surface area contributed by atoms with E-state index in [1.165, 1.54) is 0 Å². The standard InChI is InChI=1S/C15H31N3O2/c1-4-14(19)16-10-6-8-12-18(3)13-9-7-11-17-15(20)5-2/h4-13H2,1-3H3,(H,16,19)(H,17,20). The Hall–Kier alpha value is -1.10. The smallest absolute Gasteiger partial charge is 0.219 e. The molecular formula is C15H31N3O2. The summed E-state index contributed by atoms with van der Waals surface area (Å²) in [6.07, 6.45) is 5.40. The fourth-order valence-corrected chi connectivity index (χ4v) is 1.83. The van der Waals surface area contributed by atoms with Crippen LogP contribution >= 0.6 is 0 Å². The van der Waals surface area contributed by atoms with E-state index in [-0.39, 0.29) is 11.8 Å². The van der Waals surface area contributed by atoms with Gasteiger partial charge < -0.3 is 15.5 Å². The summed E-state index contributed by atoms with van der Waals surface area (Å²) in [6.45, 7) is 7.41. The monoisotopic (exact) mass is 285 g/mol. The van der Waals surface area contributed by atoms with Gasteiger partial charge in [-0.2, -0.15) is 0 Å². The SMILES string of the molecule is CCC(=O)NCCCCN(C)CCCCNC(=O)CC. The third-order valence-electron chi connectivity index (χ3n) is 3.22. The quantitative estimate of drug-likeness (QED) is 0.535. The number of hydrogen-bond acceptors (Lipinski definition) is 3. The lowest BCUT2D eigenvalue weighted by atomic mass is 10.2. The number of rotatable bonds is 12. The van der Waals surface area contributed by atoms with Gasteiger partial charge in [0.2, 0.25) is 11.8 Å². The summed E-state index contributed by atoms with van der Waals surface area (Å²) >= 11 is 0. The van der Waals surface area contributed by atoms with Crippen molar-refractivity contribution >= 4 is 11.8 Å². The third-order valence-corrected chi connectivity index (χ3v) is 3.22. The fraction of sp³-hybridized carbons (Fsp3) is 0.867. The van der Waals surface area contributed by atoms with Crippen molar-refractivity contribution in [1.29, 1.82) is 0 Å². The first-order valence-electron chi connectivity index (χ1n) is 7.82. The molecule has 118 valence electrons. The predicted molar refractivity (Wildman–Crippen MR) is 82.6 cm³/mol. The van der Waals surface area contributed by atoms with Crippen molar-refractivity contribution in [2.45, 2.75) is 52.4 Å². The fourth-order valence-electron chi connectivity index (χ4n) is 1.83. The summed E-state index contributed by atoms with van der Waals surface area (Å²) in [5.74, 6) is 0.264. The first kappa shape index (κ1) is 18.9. The second-order valence-corrected chi connectivity index (χ2v) is 5.12. The van der Waals surface area contributed by atoms with E-state index in [4.69, 9.17) is 0 Å². The summed E-state index contributed by atoms with van der Waals surface area (Å²) < 4.78 is 0. The number of carbonyl (C=O) groups excluding carboxylic acids is 2. The Morgan fingerprint density at radius 3 is 1.55 bits per heavy atom. The zero-order valence-electron chi connectivity index (χ0n) is 13.3. The molecule has 0 bridgehead atoms. The highest BCUT2D eigenvalue weighted by Gasteiger charge is 2.00. The molecule has 0 heterocycles. The molecule has 2 N–H and O–H groups in total. The number of nitrogens with one attached hydrogen (secondary N) is 2. The first-order chi connectivity index (χ1) is 9.60. The molecule has 0 spiro atoms. The lowest BCUT2D eigenvalue weighted by Crippen LogP contribution is -2.26. The van der Waals surface area contributed by atoms with Crippen molar-refractivity contribution < 1.29 is 9.59 Å². The van der Waals surface area contributed by atoms with Crippen LogP contribution in [0.1, 0.15) is 52.4 Å². The first-order valence-corrected chi connectivity index (χ1v) is 7.82. The average molecular weight is 285 g/mol. The zero-order chi connectivity index (χ0) is 15.2. The van der Waals surface area contributed by atoms with E-state index in [1.807, 2.05) is 13.8 Å². The minimum Gasteiger partial charge on any atom is -0.356 e. The highest BCUT2D eigenvalue weighted by Crippen LogP contribution is 1.96. The molecular weight excluding hydrogens is 254 g/mol. The van der Waals surface area contributed by atoms with Gasteiger partial charge in [-0.05, 0) is 45.8 Å². The maximum Gasteiger partial charge on any atom is 0.219 e. The van der Waals surface area contributed by atoms with Crippen molar-refractivity contribution in [3.05, 3.63) is 0 Å². The Kier molecular flexibility index (Phi) is 12.2. The highest BCUT2D eigenvalue weighted by molar-refractivity contribution is 5.75. The van der Waals surface area contributed by atoms with Gasteiger partial charge in [0.15, 0.2) is 0 Å². The second kappa shape index (κ2) is 12.9. The molecule has 0 saturated carbocycles. The summed E-state index contributed by atoms with van der Waals surface area (Å²) in [7, 11) is 2.12. The van der Waals surface area contributed by atoms with Crippen LogP contribution in [0.25, 0.3) is 0 Å². The molecule has 0 radical (unpaired) electrons. The van der Waals surface area contributed by atoms with E-state index >= 15 is 0 Å². The molecule has 0 rings (SSSR count). The molecule has 0 saturated heterocycles. The maximum atomic E-state index is 11.0. The van der Waals surface area contributed by atoms with Crippen molar-refractivity contribution in [2.24, 2.45) is 0 Å². The van der Waals surface area contributed by atoms with Gasteiger partial charge in [0.25, 0.3) is 0 Å². The lowest BCUT2D eigenvalue weighted by molar-refractivity contribution is -0.121. The van der Waals surface area contributed by atoms with Crippen LogP contribution in [0.2, 0.25) is 0 Å². The van der Waals surface area contributed by atoms with E-state index in [0.717, 1.165) is 51.9 Å². The van der Waals surface area contributed by atoms with Crippen LogP contribution in [0.3, 0.4) is 0 Å². The average Bonchev–Trinajstić information content (AvgIpc) is 2.45. The molecule has 0 aromatic rings. The summed E-state index contributed by atoms with van der Waals surface area (Å²) in [6, 6.07) is 0. The van der Waals surface area contributed by atoms with Crippen LogP contribution in [0.4, 0.5) is 0 Å². The Balaban J connectivity index is 3.30. The molecule has 5 nitrogen and oxygen atoms in total. The Labute approximate surface area is 123 Å². The summed E-state index contributed by atoms with van der Waals surface area (Å²) in [5.41, 5.74) is 0. The molecule has 2 amide bonds. The van der Waals surface area contributed by atoms with Gasteiger partial charge in [-0.1, -0.05) is 13.8 Å². The van der Waals surface area contributed by atoms with E-state index in [9.17, 15) is 9.59 Å².